The normalized spacial score (nSPS) is 9.50. The molecule has 3 heteroatoms. The topological polar surface area (TPSA) is 35.5 Å². The molecule has 3 nitrogen and oxygen atoms in total. The third-order valence-electron chi connectivity index (χ3n) is 2.27. The van der Waals surface area contributed by atoms with Crippen molar-refractivity contribution in [3.63, 3.8) is 0 Å². The number of esters is 1. The molecule has 0 aliphatic carbocycles. The molecule has 1 rings (SSSR count). The van der Waals surface area contributed by atoms with E-state index in [2.05, 4.69) is 0 Å². The van der Waals surface area contributed by atoms with Gasteiger partial charge in [-0.1, -0.05) is 17.7 Å². The van der Waals surface area contributed by atoms with Crippen LogP contribution in [0.15, 0.2) is 29.8 Å². The highest BCUT2D eigenvalue weighted by molar-refractivity contribution is 6.17. The molecule has 0 spiro atoms. The molecule has 16 heavy (non-hydrogen) atoms. The lowest BCUT2D eigenvalue weighted by Gasteiger charge is -2.08. The summed E-state index contributed by atoms with van der Waals surface area (Å²) in [6.07, 6.45) is 0. The zero-order valence-corrected chi connectivity index (χ0v) is 10.0. The highest BCUT2D eigenvalue weighted by atomic mass is 16.5. The Labute approximate surface area is 95.7 Å². The quantitative estimate of drug-likeness (QED) is 0.580. The van der Waals surface area contributed by atoms with Gasteiger partial charge in [0.15, 0.2) is 0 Å². The van der Waals surface area contributed by atoms with Crippen molar-refractivity contribution in [3.05, 3.63) is 35.4 Å². The Morgan fingerprint density at radius 1 is 1.06 bits per heavy atom. The van der Waals surface area contributed by atoms with E-state index in [4.69, 9.17) is 9.47 Å². The first kappa shape index (κ1) is 12.3. The van der Waals surface area contributed by atoms with E-state index < -0.39 is 0 Å². The van der Waals surface area contributed by atoms with E-state index >= 15 is 0 Å². The summed E-state index contributed by atoms with van der Waals surface area (Å²) in [5, 5.41) is 0. The molecule has 0 aromatic heterocycles. The Morgan fingerprint density at radius 2 is 1.62 bits per heavy atom. The first-order valence-electron chi connectivity index (χ1n) is 5.00. The molecule has 0 atom stereocenters. The van der Waals surface area contributed by atoms with Gasteiger partial charge in [0.05, 0.1) is 19.8 Å². The van der Waals surface area contributed by atoms with Crippen LogP contribution in [0.3, 0.4) is 0 Å². The van der Waals surface area contributed by atoms with Crippen molar-refractivity contribution >= 4 is 11.5 Å². The highest BCUT2D eigenvalue weighted by Gasteiger charge is 2.13. The van der Waals surface area contributed by atoms with Crippen molar-refractivity contribution in [2.24, 2.45) is 0 Å². The summed E-state index contributed by atoms with van der Waals surface area (Å²) >= 11 is 0. The number of ether oxygens (including phenoxy) is 2. The van der Waals surface area contributed by atoms with Gasteiger partial charge in [0.2, 0.25) is 0 Å². The van der Waals surface area contributed by atoms with Gasteiger partial charge in [-0.15, -0.1) is 0 Å². The number of hydrogen-bond donors (Lipinski definition) is 0. The number of benzene rings is 1. The Morgan fingerprint density at radius 3 is 2.00 bits per heavy atom. The number of methoxy groups -OCH3 is 2. The van der Waals surface area contributed by atoms with E-state index in [0.717, 1.165) is 16.9 Å². The zero-order chi connectivity index (χ0) is 12.1. The van der Waals surface area contributed by atoms with Gasteiger partial charge in [-0.05, 0) is 31.5 Å². The molecule has 0 bridgehead atoms. The van der Waals surface area contributed by atoms with Gasteiger partial charge in [-0.25, -0.2) is 4.79 Å². The summed E-state index contributed by atoms with van der Waals surface area (Å²) in [6, 6.07) is 7.33. The molecule has 0 aliphatic heterocycles. The highest BCUT2D eigenvalue weighted by Crippen LogP contribution is 2.22. The van der Waals surface area contributed by atoms with Crippen LogP contribution in [0.5, 0.6) is 5.75 Å². The van der Waals surface area contributed by atoms with Crippen LogP contribution in [0.25, 0.3) is 5.57 Å². The first-order valence-corrected chi connectivity index (χ1v) is 5.00. The Hall–Kier alpha value is -1.77. The lowest BCUT2D eigenvalue weighted by atomic mass is 10.0. The largest absolute Gasteiger partial charge is 0.497 e. The van der Waals surface area contributed by atoms with Crippen LogP contribution in [0.4, 0.5) is 0 Å². The molecule has 0 aliphatic rings. The van der Waals surface area contributed by atoms with E-state index in [1.807, 2.05) is 38.1 Å². The minimum atomic E-state index is -0.315. The fourth-order valence-corrected chi connectivity index (χ4v) is 1.47. The summed E-state index contributed by atoms with van der Waals surface area (Å²) < 4.78 is 9.82. The van der Waals surface area contributed by atoms with Crippen molar-refractivity contribution in [2.75, 3.05) is 14.2 Å². The van der Waals surface area contributed by atoms with E-state index in [1.165, 1.54) is 7.11 Å². The number of hydrogen-bond acceptors (Lipinski definition) is 3. The molecule has 1 aromatic rings. The van der Waals surface area contributed by atoms with E-state index in [0.29, 0.717) is 5.57 Å². The van der Waals surface area contributed by atoms with Crippen molar-refractivity contribution in [3.8, 4) is 5.75 Å². The molecule has 0 saturated heterocycles. The van der Waals surface area contributed by atoms with Crippen molar-refractivity contribution in [2.45, 2.75) is 13.8 Å². The molecule has 0 heterocycles. The number of carbonyl (C=O) groups is 1. The van der Waals surface area contributed by atoms with Gasteiger partial charge in [0.25, 0.3) is 0 Å². The van der Waals surface area contributed by atoms with E-state index in [-0.39, 0.29) is 5.97 Å². The van der Waals surface area contributed by atoms with E-state index in [1.54, 1.807) is 7.11 Å². The SMILES string of the molecule is COC(=O)C(=C(C)C)c1ccc(OC)cc1. The number of carbonyl (C=O) groups excluding carboxylic acids is 1. The molecular weight excluding hydrogens is 204 g/mol. The summed E-state index contributed by atoms with van der Waals surface area (Å²) in [4.78, 5) is 11.6. The van der Waals surface area contributed by atoms with Crippen molar-refractivity contribution in [1.82, 2.24) is 0 Å². The third kappa shape index (κ3) is 2.63. The van der Waals surface area contributed by atoms with Crippen LogP contribution in [0.2, 0.25) is 0 Å². The predicted octanol–water partition coefficient (Wildman–Crippen LogP) is 2.66. The second-order valence-electron chi connectivity index (χ2n) is 3.60. The molecule has 0 amide bonds. The maximum Gasteiger partial charge on any atom is 0.338 e. The molecule has 86 valence electrons. The van der Waals surface area contributed by atoms with Crippen LogP contribution in [0.1, 0.15) is 19.4 Å². The third-order valence-corrected chi connectivity index (χ3v) is 2.27. The number of allylic oxidation sites excluding steroid dienone is 1. The summed E-state index contributed by atoms with van der Waals surface area (Å²) in [6.45, 7) is 3.77. The zero-order valence-electron chi connectivity index (χ0n) is 10.0. The van der Waals surface area contributed by atoms with Crippen LogP contribution in [-0.2, 0) is 9.53 Å². The van der Waals surface area contributed by atoms with Gasteiger partial charge < -0.3 is 9.47 Å². The van der Waals surface area contributed by atoms with Crippen LogP contribution in [0, 0.1) is 0 Å². The minimum absolute atomic E-state index is 0.315. The van der Waals surface area contributed by atoms with Crippen LogP contribution < -0.4 is 4.74 Å². The van der Waals surface area contributed by atoms with Crippen molar-refractivity contribution < 1.29 is 14.3 Å². The van der Waals surface area contributed by atoms with Gasteiger partial charge in [-0.3, -0.25) is 0 Å². The maximum atomic E-state index is 11.6. The smallest absolute Gasteiger partial charge is 0.338 e. The molecule has 0 fully saturated rings. The van der Waals surface area contributed by atoms with Crippen LogP contribution >= 0.6 is 0 Å². The van der Waals surface area contributed by atoms with Crippen LogP contribution in [-0.4, -0.2) is 20.2 Å². The summed E-state index contributed by atoms with van der Waals surface area (Å²) in [7, 11) is 2.99. The molecule has 0 N–H and O–H groups in total. The molecule has 0 unspecified atom stereocenters. The second-order valence-corrected chi connectivity index (χ2v) is 3.60. The monoisotopic (exact) mass is 220 g/mol. The van der Waals surface area contributed by atoms with Gasteiger partial charge in [0.1, 0.15) is 5.75 Å². The second kappa shape index (κ2) is 5.35. The van der Waals surface area contributed by atoms with Crippen molar-refractivity contribution in [1.29, 1.82) is 0 Å². The molecule has 0 radical (unpaired) electrons. The van der Waals surface area contributed by atoms with E-state index in [9.17, 15) is 4.79 Å². The maximum absolute atomic E-state index is 11.6. The minimum Gasteiger partial charge on any atom is -0.497 e. The summed E-state index contributed by atoms with van der Waals surface area (Å²) in [5.41, 5.74) is 2.37. The standard InChI is InChI=1S/C13H16O3/c1-9(2)12(13(14)16-4)10-5-7-11(15-3)8-6-10/h5-8H,1-4H3. The lowest BCUT2D eigenvalue weighted by molar-refractivity contribution is -0.133. The molecule has 1 aromatic carbocycles. The Bertz CT molecular complexity index is 398. The summed E-state index contributed by atoms with van der Waals surface area (Å²) in [5.74, 6) is 0.451. The fraction of sp³-hybridized carbons (Fsp3) is 0.308. The molecular formula is C13H16O3. The molecule has 0 saturated carbocycles. The average Bonchev–Trinajstić information content (AvgIpc) is 2.29. The number of rotatable bonds is 3. The Balaban J connectivity index is 3.13. The van der Waals surface area contributed by atoms with Gasteiger partial charge in [-0.2, -0.15) is 0 Å². The van der Waals surface area contributed by atoms with Gasteiger partial charge in [0, 0.05) is 0 Å². The van der Waals surface area contributed by atoms with Gasteiger partial charge >= 0.3 is 5.97 Å². The first-order chi connectivity index (χ1) is 7.60. The predicted molar refractivity (Wildman–Crippen MR) is 63.3 cm³/mol. The lowest BCUT2D eigenvalue weighted by Crippen LogP contribution is -2.05. The average molecular weight is 220 g/mol. The Kier molecular flexibility index (Phi) is 4.11. The fourth-order valence-electron chi connectivity index (χ4n) is 1.47.